The van der Waals surface area contributed by atoms with E-state index in [0.717, 1.165) is 55.4 Å². The molecule has 6 nitrogen and oxygen atoms in total. The number of ether oxygens (including phenoxy) is 1. The molecule has 2 atom stereocenters. The minimum atomic E-state index is -0.370. The quantitative estimate of drug-likeness (QED) is 0.859. The molecule has 3 fully saturated rings. The summed E-state index contributed by atoms with van der Waals surface area (Å²) in [5.74, 6) is 0. The van der Waals surface area contributed by atoms with Gasteiger partial charge in [0.25, 0.3) is 0 Å². The van der Waals surface area contributed by atoms with E-state index < -0.39 is 0 Å². The number of fused-ring (bicyclic) bond motifs is 3. The van der Waals surface area contributed by atoms with Gasteiger partial charge in [0, 0.05) is 48.3 Å². The number of morpholine rings is 1. The van der Waals surface area contributed by atoms with Gasteiger partial charge in [-0.25, -0.2) is 0 Å². The van der Waals surface area contributed by atoms with Crippen LogP contribution in [0.15, 0.2) is 24.5 Å². The summed E-state index contributed by atoms with van der Waals surface area (Å²) in [5.41, 5.74) is 16.9. The van der Waals surface area contributed by atoms with Crippen molar-refractivity contribution in [2.24, 2.45) is 11.5 Å². The third-order valence-electron chi connectivity index (χ3n) is 6.43. The van der Waals surface area contributed by atoms with Crippen LogP contribution in [0.3, 0.4) is 0 Å². The van der Waals surface area contributed by atoms with Crippen LogP contribution in [0.25, 0.3) is 11.0 Å². The maximum atomic E-state index is 6.91. The molecule has 2 unspecified atom stereocenters. The average molecular weight is 353 g/mol. The largest absolute Gasteiger partial charge is 0.371 e. The number of nitrogens with zero attached hydrogens (tertiary/aromatic N) is 3. The van der Waals surface area contributed by atoms with Gasteiger partial charge in [-0.05, 0) is 50.7 Å². The zero-order valence-electron chi connectivity index (χ0n) is 15.1. The number of nitrogens with two attached hydrogens (primary N) is 2. The molecule has 26 heavy (non-hydrogen) atoms. The predicted molar refractivity (Wildman–Crippen MR) is 102 cm³/mol. The maximum absolute atomic E-state index is 6.91. The van der Waals surface area contributed by atoms with E-state index in [1.807, 2.05) is 0 Å². The smallest absolute Gasteiger partial charge is 0.0938 e. The Morgan fingerprint density at radius 2 is 1.69 bits per heavy atom. The second kappa shape index (κ2) is 6.15. The topological polar surface area (TPSA) is 90.3 Å². The fourth-order valence-electron chi connectivity index (χ4n) is 4.87. The van der Waals surface area contributed by atoms with Gasteiger partial charge in [-0.2, -0.15) is 0 Å². The summed E-state index contributed by atoms with van der Waals surface area (Å²) in [7, 11) is 0. The Morgan fingerprint density at radius 3 is 2.42 bits per heavy atom. The van der Waals surface area contributed by atoms with Crippen molar-refractivity contribution in [3.63, 3.8) is 0 Å². The highest BCUT2D eigenvalue weighted by Crippen LogP contribution is 2.40. The highest BCUT2D eigenvalue weighted by Gasteiger charge is 2.37. The molecule has 2 aromatic rings. The molecule has 6 heteroatoms. The molecule has 0 amide bonds. The van der Waals surface area contributed by atoms with E-state index in [9.17, 15) is 0 Å². The number of rotatable bonds is 2. The van der Waals surface area contributed by atoms with Gasteiger partial charge in [-0.15, -0.1) is 0 Å². The van der Waals surface area contributed by atoms with Crippen molar-refractivity contribution in [3.05, 3.63) is 30.1 Å². The molecule has 1 saturated carbocycles. The van der Waals surface area contributed by atoms with E-state index in [1.54, 1.807) is 12.4 Å². The van der Waals surface area contributed by atoms with Crippen LogP contribution in [0.4, 0.5) is 5.69 Å². The fourth-order valence-corrected chi connectivity index (χ4v) is 4.87. The molecule has 2 bridgehead atoms. The van der Waals surface area contributed by atoms with Crippen LogP contribution in [0.1, 0.15) is 44.1 Å². The van der Waals surface area contributed by atoms with Crippen molar-refractivity contribution in [1.29, 1.82) is 0 Å². The monoisotopic (exact) mass is 353 g/mol. The standard InChI is InChI=1S/C20H27N5O/c21-13-3-5-20(22,6-4-13)17-9-14(10-18-19(17)24-8-7-23-18)25-11-15-1-2-16(12-25)26-15/h7-10,13,15-16H,1-6,11-12,21-22H2. The Kier molecular flexibility index (Phi) is 3.88. The van der Waals surface area contributed by atoms with E-state index in [2.05, 4.69) is 27.0 Å². The molecule has 1 aromatic heterocycles. The fraction of sp³-hybridized carbons (Fsp3) is 0.600. The zero-order valence-corrected chi connectivity index (χ0v) is 15.1. The first kappa shape index (κ1) is 16.4. The third-order valence-corrected chi connectivity index (χ3v) is 6.43. The minimum absolute atomic E-state index is 0.266. The molecule has 2 aliphatic heterocycles. The number of benzene rings is 1. The molecule has 4 N–H and O–H groups in total. The zero-order chi connectivity index (χ0) is 17.7. The molecule has 0 radical (unpaired) electrons. The normalized spacial score (nSPS) is 34.4. The van der Waals surface area contributed by atoms with Crippen LogP contribution < -0.4 is 16.4 Å². The van der Waals surface area contributed by atoms with Gasteiger partial charge >= 0.3 is 0 Å². The number of hydrogen-bond donors (Lipinski definition) is 2. The second-order valence-corrected chi connectivity index (χ2v) is 8.27. The average Bonchev–Trinajstić information content (AvgIpc) is 3.01. The lowest BCUT2D eigenvalue weighted by Gasteiger charge is -2.38. The van der Waals surface area contributed by atoms with E-state index in [4.69, 9.17) is 16.2 Å². The van der Waals surface area contributed by atoms with Gasteiger partial charge in [-0.3, -0.25) is 9.97 Å². The van der Waals surface area contributed by atoms with Gasteiger partial charge in [0.15, 0.2) is 0 Å². The molecule has 1 aromatic carbocycles. The first-order valence-electron chi connectivity index (χ1n) is 9.81. The number of hydrogen-bond acceptors (Lipinski definition) is 6. The molecule has 0 spiro atoms. The van der Waals surface area contributed by atoms with Crippen LogP contribution >= 0.6 is 0 Å². The summed E-state index contributed by atoms with van der Waals surface area (Å²) in [4.78, 5) is 11.7. The van der Waals surface area contributed by atoms with Crippen LogP contribution in [0.2, 0.25) is 0 Å². The molecule has 5 rings (SSSR count). The summed E-state index contributed by atoms with van der Waals surface area (Å²) >= 11 is 0. The lowest BCUT2D eigenvalue weighted by molar-refractivity contribution is 0.0305. The summed E-state index contributed by atoms with van der Waals surface area (Å²) < 4.78 is 6.01. The van der Waals surface area contributed by atoms with E-state index in [-0.39, 0.29) is 11.6 Å². The Labute approximate surface area is 153 Å². The van der Waals surface area contributed by atoms with Crippen molar-refractivity contribution in [1.82, 2.24) is 9.97 Å². The SMILES string of the molecule is NC1CCC(N)(c2cc(N3CC4CCC(C3)O4)cc3nccnc23)CC1. The van der Waals surface area contributed by atoms with Gasteiger partial charge in [-0.1, -0.05) is 0 Å². The van der Waals surface area contributed by atoms with E-state index in [0.29, 0.717) is 12.2 Å². The summed E-state index contributed by atoms with van der Waals surface area (Å²) in [6, 6.07) is 4.69. The number of anilines is 1. The Morgan fingerprint density at radius 1 is 1.00 bits per heavy atom. The third kappa shape index (κ3) is 2.76. The molecule has 3 heterocycles. The molecule has 1 aliphatic carbocycles. The summed E-state index contributed by atoms with van der Waals surface area (Å²) in [5, 5.41) is 0. The predicted octanol–water partition coefficient (Wildman–Crippen LogP) is 2.05. The molecular weight excluding hydrogens is 326 g/mol. The van der Waals surface area contributed by atoms with E-state index in [1.165, 1.54) is 18.5 Å². The van der Waals surface area contributed by atoms with E-state index >= 15 is 0 Å². The first-order valence-corrected chi connectivity index (χ1v) is 9.81. The lowest BCUT2D eigenvalue weighted by atomic mass is 9.75. The van der Waals surface area contributed by atoms with Gasteiger partial charge < -0.3 is 21.1 Å². The highest BCUT2D eigenvalue weighted by molar-refractivity contribution is 5.83. The second-order valence-electron chi connectivity index (χ2n) is 8.27. The summed E-state index contributed by atoms with van der Waals surface area (Å²) in [6.45, 7) is 1.90. The van der Waals surface area contributed by atoms with Crippen molar-refractivity contribution in [2.45, 2.75) is 62.3 Å². The van der Waals surface area contributed by atoms with Gasteiger partial charge in [0.1, 0.15) is 0 Å². The van der Waals surface area contributed by atoms with Crippen molar-refractivity contribution >= 4 is 16.7 Å². The molecule has 3 aliphatic rings. The first-order chi connectivity index (χ1) is 12.6. The highest BCUT2D eigenvalue weighted by atomic mass is 16.5. The van der Waals surface area contributed by atoms with Crippen LogP contribution in [-0.4, -0.2) is 41.3 Å². The minimum Gasteiger partial charge on any atom is -0.371 e. The van der Waals surface area contributed by atoms with Crippen molar-refractivity contribution < 1.29 is 4.74 Å². The van der Waals surface area contributed by atoms with Crippen LogP contribution in [-0.2, 0) is 10.3 Å². The van der Waals surface area contributed by atoms with Gasteiger partial charge in [0.05, 0.1) is 23.2 Å². The maximum Gasteiger partial charge on any atom is 0.0938 e. The molecular formula is C20H27N5O. The van der Waals surface area contributed by atoms with Crippen LogP contribution in [0.5, 0.6) is 0 Å². The molecule has 138 valence electrons. The van der Waals surface area contributed by atoms with Gasteiger partial charge in [0.2, 0.25) is 0 Å². The number of aromatic nitrogens is 2. The Balaban J connectivity index is 1.58. The van der Waals surface area contributed by atoms with Crippen molar-refractivity contribution in [2.75, 3.05) is 18.0 Å². The Bertz CT molecular complexity index is 805. The molecule has 2 saturated heterocycles. The van der Waals surface area contributed by atoms with Crippen LogP contribution in [0, 0.1) is 0 Å². The summed E-state index contributed by atoms with van der Waals surface area (Å²) in [6.07, 6.45) is 10.3. The van der Waals surface area contributed by atoms with Crippen molar-refractivity contribution in [3.8, 4) is 0 Å². The lowest BCUT2D eigenvalue weighted by Crippen LogP contribution is -2.45. The Hall–Kier alpha value is -1.76.